The maximum Gasteiger partial charge on any atom is 0.153 e. The van der Waals surface area contributed by atoms with Crippen LogP contribution in [-0.2, 0) is 6.54 Å². The van der Waals surface area contributed by atoms with Gasteiger partial charge in [-0.05, 0) is 11.8 Å². The molecule has 0 aliphatic carbocycles. The minimum atomic E-state index is 0.216. The van der Waals surface area contributed by atoms with Crippen LogP contribution < -0.4 is 0 Å². The standard InChI is InChI=1S/C16H14NO/c1-4-11-17(6-3,12-5-2)13-15-7-9-16(14-18)10-8-15/h1-3,7-10,14H,11-13H2/q+1. The number of terminal acetylenes is 3. The average molecular weight is 236 g/mol. The SMILES string of the molecule is C#CC[N+](C#C)(CC#C)Cc1ccc(C=O)cc1. The first-order valence-corrected chi connectivity index (χ1v) is 5.44. The van der Waals surface area contributed by atoms with Gasteiger partial charge in [0.05, 0.1) is 0 Å². The van der Waals surface area contributed by atoms with E-state index in [1.54, 1.807) is 12.1 Å². The van der Waals surface area contributed by atoms with E-state index in [1.165, 1.54) is 0 Å². The molecule has 0 aliphatic heterocycles. The second kappa shape index (κ2) is 6.31. The molecule has 0 unspecified atom stereocenters. The molecule has 2 nitrogen and oxygen atoms in total. The van der Waals surface area contributed by atoms with Crippen LogP contribution in [0.5, 0.6) is 0 Å². The Morgan fingerprint density at radius 2 is 1.61 bits per heavy atom. The summed E-state index contributed by atoms with van der Waals surface area (Å²) in [7, 11) is 0. The van der Waals surface area contributed by atoms with Crippen LogP contribution in [0.2, 0.25) is 0 Å². The molecule has 0 N–H and O–H groups in total. The summed E-state index contributed by atoms with van der Waals surface area (Å²) in [5, 5.41) is 0. The second-order valence-electron chi connectivity index (χ2n) is 4.02. The topological polar surface area (TPSA) is 17.1 Å². The molecule has 0 fully saturated rings. The van der Waals surface area contributed by atoms with Gasteiger partial charge < -0.3 is 0 Å². The van der Waals surface area contributed by atoms with Crippen molar-refractivity contribution in [3.63, 3.8) is 0 Å². The number of hydrogen-bond acceptors (Lipinski definition) is 1. The molecule has 0 bridgehead atoms. The van der Waals surface area contributed by atoms with Crippen LogP contribution in [0.25, 0.3) is 0 Å². The number of rotatable bonds is 5. The minimum Gasteiger partial charge on any atom is -0.298 e. The summed E-state index contributed by atoms with van der Waals surface area (Å²) in [6, 6.07) is 9.90. The first kappa shape index (κ1) is 13.6. The molecule has 1 aromatic carbocycles. The van der Waals surface area contributed by atoms with Gasteiger partial charge in [-0.2, -0.15) is 0 Å². The first-order valence-electron chi connectivity index (χ1n) is 5.44. The molecule has 0 aromatic heterocycles. The summed E-state index contributed by atoms with van der Waals surface area (Å²) in [6.07, 6.45) is 17.0. The van der Waals surface area contributed by atoms with Crippen molar-refractivity contribution in [2.24, 2.45) is 0 Å². The number of carbonyl (C=O) groups excluding carboxylic acids is 1. The fourth-order valence-electron chi connectivity index (χ4n) is 1.71. The number of nitrogens with zero attached hydrogens (tertiary/aromatic N) is 1. The summed E-state index contributed by atoms with van der Waals surface area (Å²) in [6.45, 7) is 1.33. The van der Waals surface area contributed by atoms with E-state index >= 15 is 0 Å². The van der Waals surface area contributed by atoms with E-state index < -0.39 is 0 Å². The molecule has 0 amide bonds. The number of benzene rings is 1. The van der Waals surface area contributed by atoms with Crippen molar-refractivity contribution in [3.8, 4) is 37.2 Å². The lowest BCUT2D eigenvalue weighted by Gasteiger charge is -2.27. The fraction of sp³-hybridized carbons (Fsp3) is 0.188. The van der Waals surface area contributed by atoms with Crippen LogP contribution in [0.4, 0.5) is 0 Å². The predicted octanol–water partition coefficient (Wildman–Crippen LogP) is 1.67. The minimum absolute atomic E-state index is 0.216. The fourth-order valence-corrected chi connectivity index (χ4v) is 1.71. The maximum atomic E-state index is 10.6. The number of aldehydes is 1. The summed E-state index contributed by atoms with van der Waals surface area (Å²) in [4.78, 5) is 10.6. The third kappa shape index (κ3) is 3.26. The molecule has 0 radical (unpaired) electrons. The van der Waals surface area contributed by atoms with Crippen LogP contribution >= 0.6 is 0 Å². The highest BCUT2D eigenvalue weighted by Crippen LogP contribution is 2.13. The van der Waals surface area contributed by atoms with Gasteiger partial charge in [-0.1, -0.05) is 30.7 Å². The summed E-state index contributed by atoms with van der Waals surface area (Å²) < 4.78 is 0.216. The van der Waals surface area contributed by atoms with Crippen LogP contribution in [0.15, 0.2) is 24.3 Å². The average Bonchev–Trinajstić information content (AvgIpc) is 2.40. The van der Waals surface area contributed by atoms with Crippen molar-refractivity contribution in [1.29, 1.82) is 0 Å². The van der Waals surface area contributed by atoms with Crippen LogP contribution in [-0.4, -0.2) is 23.9 Å². The number of quaternary nitrogens is 1. The van der Waals surface area contributed by atoms with E-state index in [0.717, 1.165) is 11.8 Å². The molecule has 0 atom stereocenters. The van der Waals surface area contributed by atoms with Gasteiger partial charge in [-0.25, -0.2) is 4.48 Å². The molecule has 0 saturated carbocycles. The number of hydrogen-bond donors (Lipinski definition) is 0. The smallest absolute Gasteiger partial charge is 0.153 e. The van der Waals surface area contributed by atoms with E-state index in [0.29, 0.717) is 25.2 Å². The van der Waals surface area contributed by atoms with Crippen LogP contribution in [0.3, 0.4) is 0 Å². The van der Waals surface area contributed by atoms with Crippen molar-refractivity contribution in [2.45, 2.75) is 6.54 Å². The Morgan fingerprint density at radius 1 is 1.06 bits per heavy atom. The van der Waals surface area contributed by atoms with E-state index in [2.05, 4.69) is 17.9 Å². The Bertz CT molecular complexity index is 518. The highest BCUT2D eigenvalue weighted by molar-refractivity contribution is 5.74. The van der Waals surface area contributed by atoms with E-state index in [4.69, 9.17) is 19.3 Å². The lowest BCUT2D eigenvalue weighted by Crippen LogP contribution is -2.43. The van der Waals surface area contributed by atoms with Gasteiger partial charge in [0.15, 0.2) is 13.1 Å². The molecule has 1 rings (SSSR count). The van der Waals surface area contributed by atoms with Crippen molar-refractivity contribution in [1.82, 2.24) is 0 Å². The zero-order valence-electron chi connectivity index (χ0n) is 10.1. The molecular weight excluding hydrogens is 222 g/mol. The lowest BCUT2D eigenvalue weighted by molar-refractivity contribution is -0.862. The normalized spacial score (nSPS) is 9.83. The van der Waals surface area contributed by atoms with Crippen molar-refractivity contribution in [3.05, 3.63) is 35.4 Å². The van der Waals surface area contributed by atoms with Gasteiger partial charge in [-0.15, -0.1) is 12.8 Å². The zero-order valence-corrected chi connectivity index (χ0v) is 10.1. The monoisotopic (exact) mass is 236 g/mol. The van der Waals surface area contributed by atoms with Gasteiger partial charge >= 0.3 is 0 Å². The molecule has 1 aromatic rings. The Hall–Kier alpha value is -2.47. The Kier molecular flexibility index (Phi) is 4.77. The molecule has 0 heterocycles. The molecule has 2 heteroatoms. The van der Waals surface area contributed by atoms with Gasteiger partial charge in [0.2, 0.25) is 0 Å². The third-order valence-electron chi connectivity index (χ3n) is 2.66. The van der Waals surface area contributed by atoms with Gasteiger partial charge in [-0.3, -0.25) is 4.79 Å². The van der Waals surface area contributed by atoms with Crippen molar-refractivity contribution in [2.75, 3.05) is 13.1 Å². The predicted molar refractivity (Wildman–Crippen MR) is 72.0 cm³/mol. The molecule has 0 aliphatic rings. The quantitative estimate of drug-likeness (QED) is 0.432. The van der Waals surface area contributed by atoms with E-state index in [-0.39, 0.29) is 4.48 Å². The van der Waals surface area contributed by atoms with Gasteiger partial charge in [0, 0.05) is 11.1 Å². The molecule has 18 heavy (non-hydrogen) atoms. The summed E-state index contributed by atoms with van der Waals surface area (Å²) >= 11 is 0. The van der Waals surface area contributed by atoms with Crippen LogP contribution in [0.1, 0.15) is 15.9 Å². The largest absolute Gasteiger partial charge is 0.298 e. The second-order valence-corrected chi connectivity index (χ2v) is 4.02. The van der Waals surface area contributed by atoms with Gasteiger partial charge in [0.1, 0.15) is 18.9 Å². The van der Waals surface area contributed by atoms with E-state index in [1.807, 2.05) is 12.1 Å². The van der Waals surface area contributed by atoms with Crippen molar-refractivity contribution < 1.29 is 9.28 Å². The highest BCUT2D eigenvalue weighted by atomic mass is 16.1. The molecule has 0 saturated heterocycles. The van der Waals surface area contributed by atoms with E-state index in [9.17, 15) is 4.79 Å². The molecule has 0 spiro atoms. The maximum absolute atomic E-state index is 10.6. The van der Waals surface area contributed by atoms with Gasteiger partial charge in [0.25, 0.3) is 0 Å². The zero-order chi connectivity index (χ0) is 13.4. The molecular formula is C16H14NO+. The Labute approximate surface area is 108 Å². The number of carbonyl (C=O) groups is 1. The first-order chi connectivity index (χ1) is 8.69. The lowest BCUT2D eigenvalue weighted by atomic mass is 10.1. The molecule has 88 valence electrons. The Morgan fingerprint density at radius 3 is 2.00 bits per heavy atom. The third-order valence-corrected chi connectivity index (χ3v) is 2.66. The van der Waals surface area contributed by atoms with Crippen LogP contribution in [0, 0.1) is 37.2 Å². The Balaban J connectivity index is 2.96. The highest BCUT2D eigenvalue weighted by Gasteiger charge is 2.24. The summed E-state index contributed by atoms with van der Waals surface area (Å²) in [5.41, 5.74) is 1.63. The summed E-state index contributed by atoms with van der Waals surface area (Å²) in [5.74, 6) is 5.13. The van der Waals surface area contributed by atoms with Crippen molar-refractivity contribution >= 4 is 6.29 Å².